The lowest BCUT2D eigenvalue weighted by molar-refractivity contribution is -0.136. The molecule has 9 heteroatoms. The van der Waals surface area contributed by atoms with E-state index in [9.17, 15) is 9.59 Å². The summed E-state index contributed by atoms with van der Waals surface area (Å²) >= 11 is 7.53. The fourth-order valence-electron chi connectivity index (χ4n) is 3.76. The summed E-state index contributed by atoms with van der Waals surface area (Å²) in [6.45, 7) is 1.73. The predicted molar refractivity (Wildman–Crippen MR) is 127 cm³/mol. The minimum atomic E-state index is -0.748. The highest BCUT2D eigenvalue weighted by atomic mass is 35.5. The first-order valence-corrected chi connectivity index (χ1v) is 11.2. The molecule has 0 radical (unpaired) electrons. The first-order valence-electron chi connectivity index (χ1n) is 9.97. The van der Waals surface area contributed by atoms with Crippen LogP contribution in [0.4, 0.5) is 0 Å². The Kier molecular flexibility index (Phi) is 6.40. The van der Waals surface area contributed by atoms with Gasteiger partial charge in [-0.2, -0.15) is 0 Å². The Bertz CT molecular complexity index is 1450. The van der Waals surface area contributed by atoms with Crippen LogP contribution in [0.25, 0.3) is 6.08 Å². The predicted octanol–water partition coefficient (Wildman–Crippen LogP) is 3.08. The Morgan fingerprint density at radius 3 is 2.52 bits per heavy atom. The van der Waals surface area contributed by atoms with Gasteiger partial charge in [-0.15, -0.1) is 0 Å². The number of aromatic nitrogens is 1. The molecule has 1 aliphatic heterocycles. The van der Waals surface area contributed by atoms with E-state index in [0.29, 0.717) is 37.1 Å². The number of hydrogen-bond donors (Lipinski definition) is 0. The molecule has 0 amide bonds. The van der Waals surface area contributed by atoms with Gasteiger partial charge in [0.2, 0.25) is 0 Å². The zero-order valence-electron chi connectivity index (χ0n) is 18.4. The molecule has 1 aliphatic rings. The highest BCUT2D eigenvalue weighted by Crippen LogP contribution is 2.35. The topological polar surface area (TPSA) is 79.1 Å². The second kappa shape index (κ2) is 9.25. The van der Waals surface area contributed by atoms with Crippen molar-refractivity contribution >= 4 is 35.0 Å². The molecule has 1 aromatic heterocycles. The Morgan fingerprint density at radius 1 is 1.12 bits per heavy atom. The van der Waals surface area contributed by atoms with Crippen molar-refractivity contribution in [3.8, 4) is 11.5 Å². The summed E-state index contributed by atoms with van der Waals surface area (Å²) < 4.78 is 17.8. The van der Waals surface area contributed by atoms with Crippen LogP contribution in [0, 0.1) is 0 Å². The molecule has 2 aromatic carbocycles. The second-order valence-electron chi connectivity index (χ2n) is 7.21. The third kappa shape index (κ3) is 4.07. The van der Waals surface area contributed by atoms with E-state index >= 15 is 0 Å². The van der Waals surface area contributed by atoms with Crippen molar-refractivity contribution < 1.29 is 19.0 Å². The Hall–Kier alpha value is -3.36. The lowest BCUT2D eigenvalue weighted by Gasteiger charge is -2.25. The largest absolute Gasteiger partial charge is 0.493 e. The van der Waals surface area contributed by atoms with Crippen molar-refractivity contribution in [3.05, 3.63) is 89.6 Å². The van der Waals surface area contributed by atoms with Crippen molar-refractivity contribution in [1.82, 2.24) is 4.57 Å². The van der Waals surface area contributed by atoms with Crippen molar-refractivity contribution in [2.24, 2.45) is 4.99 Å². The molecule has 0 N–H and O–H groups in total. The second-order valence-corrected chi connectivity index (χ2v) is 8.63. The average Bonchev–Trinajstić information content (AvgIpc) is 3.13. The van der Waals surface area contributed by atoms with Crippen molar-refractivity contribution in [2.45, 2.75) is 13.0 Å². The van der Waals surface area contributed by atoms with Crippen LogP contribution < -0.4 is 24.4 Å². The van der Waals surface area contributed by atoms with Gasteiger partial charge in [-0.1, -0.05) is 47.2 Å². The molecule has 4 rings (SSSR count). The van der Waals surface area contributed by atoms with Crippen LogP contribution in [0.2, 0.25) is 5.02 Å². The Morgan fingerprint density at radius 2 is 1.85 bits per heavy atom. The molecule has 7 nitrogen and oxygen atoms in total. The number of thiazole rings is 1. The molecule has 33 heavy (non-hydrogen) atoms. The molecule has 1 atom stereocenters. The van der Waals surface area contributed by atoms with Crippen LogP contribution in [0.5, 0.6) is 11.5 Å². The molecule has 2 heterocycles. The maximum absolute atomic E-state index is 13.6. The number of carbonyl (C=O) groups is 1. The number of hydrogen-bond acceptors (Lipinski definition) is 7. The van der Waals surface area contributed by atoms with E-state index in [-0.39, 0.29) is 11.1 Å². The molecule has 0 spiro atoms. The zero-order chi connectivity index (χ0) is 23.7. The van der Waals surface area contributed by atoms with Crippen molar-refractivity contribution in [3.63, 3.8) is 0 Å². The quantitative estimate of drug-likeness (QED) is 0.520. The van der Waals surface area contributed by atoms with Gasteiger partial charge >= 0.3 is 5.97 Å². The number of esters is 1. The summed E-state index contributed by atoms with van der Waals surface area (Å²) in [5.41, 5.74) is 1.85. The SMILES string of the molecule is COC(=O)C1=C(C)N=c2s/c(=C\c3ccccc3Cl)c(=O)n2C1c1ccc(OC)c(OC)c1. The molecular formula is C24H21ClN2O5S. The Labute approximate surface area is 198 Å². The lowest BCUT2D eigenvalue weighted by atomic mass is 9.95. The van der Waals surface area contributed by atoms with Gasteiger partial charge in [-0.05, 0) is 42.3 Å². The van der Waals surface area contributed by atoms with Crippen LogP contribution in [0.3, 0.4) is 0 Å². The molecular weight excluding hydrogens is 464 g/mol. The first-order chi connectivity index (χ1) is 15.9. The molecule has 170 valence electrons. The van der Waals surface area contributed by atoms with E-state index in [0.717, 1.165) is 5.56 Å². The first kappa shape index (κ1) is 22.8. The van der Waals surface area contributed by atoms with E-state index in [1.54, 1.807) is 44.4 Å². The molecule has 0 saturated heterocycles. The van der Waals surface area contributed by atoms with Gasteiger partial charge in [0.1, 0.15) is 0 Å². The number of carbonyl (C=O) groups excluding carboxylic acids is 1. The summed E-state index contributed by atoms with van der Waals surface area (Å²) in [4.78, 5) is 31.4. The van der Waals surface area contributed by atoms with Gasteiger partial charge in [0.15, 0.2) is 16.3 Å². The number of allylic oxidation sites excluding steroid dienone is 1. The fraction of sp³-hybridized carbons (Fsp3) is 0.208. The number of halogens is 1. The summed E-state index contributed by atoms with van der Waals surface area (Å²) in [7, 11) is 4.37. The van der Waals surface area contributed by atoms with Crippen molar-refractivity contribution in [2.75, 3.05) is 21.3 Å². The molecule has 0 fully saturated rings. The highest BCUT2D eigenvalue weighted by molar-refractivity contribution is 7.07. The number of methoxy groups -OCH3 is 3. The molecule has 0 aliphatic carbocycles. The van der Waals surface area contributed by atoms with Crippen molar-refractivity contribution in [1.29, 1.82) is 0 Å². The minimum Gasteiger partial charge on any atom is -0.493 e. The smallest absolute Gasteiger partial charge is 0.338 e. The van der Waals surface area contributed by atoms with E-state index in [1.807, 2.05) is 18.2 Å². The lowest BCUT2D eigenvalue weighted by Crippen LogP contribution is -2.39. The van der Waals surface area contributed by atoms with E-state index in [2.05, 4.69) is 4.99 Å². The maximum Gasteiger partial charge on any atom is 0.338 e. The zero-order valence-corrected chi connectivity index (χ0v) is 20.0. The van der Waals surface area contributed by atoms with Crippen LogP contribution in [0.1, 0.15) is 24.1 Å². The van der Waals surface area contributed by atoms with Gasteiger partial charge in [0.05, 0.1) is 43.2 Å². The van der Waals surface area contributed by atoms with Crippen LogP contribution in [-0.4, -0.2) is 31.9 Å². The highest BCUT2D eigenvalue weighted by Gasteiger charge is 2.33. The van der Waals surface area contributed by atoms with Gasteiger partial charge in [-0.25, -0.2) is 9.79 Å². The maximum atomic E-state index is 13.6. The van der Waals surface area contributed by atoms with Crippen LogP contribution in [0.15, 0.2) is 63.5 Å². The molecule has 0 bridgehead atoms. The van der Waals surface area contributed by atoms with E-state index < -0.39 is 12.0 Å². The molecule has 3 aromatic rings. The van der Waals surface area contributed by atoms with Crippen LogP contribution >= 0.6 is 22.9 Å². The normalized spacial score (nSPS) is 15.7. The van der Waals surface area contributed by atoms with Gasteiger partial charge in [-0.3, -0.25) is 9.36 Å². The number of nitrogens with zero attached hydrogens (tertiary/aromatic N) is 2. The van der Waals surface area contributed by atoms with Gasteiger partial charge < -0.3 is 14.2 Å². The van der Waals surface area contributed by atoms with Gasteiger partial charge in [0.25, 0.3) is 5.56 Å². The third-order valence-electron chi connectivity index (χ3n) is 5.34. The average molecular weight is 485 g/mol. The number of ether oxygens (including phenoxy) is 3. The summed E-state index contributed by atoms with van der Waals surface area (Å²) in [6, 6.07) is 11.8. The third-order valence-corrected chi connectivity index (χ3v) is 6.67. The molecule has 0 saturated carbocycles. The minimum absolute atomic E-state index is 0.279. The Balaban J connectivity index is 2.00. The number of rotatable bonds is 5. The summed E-state index contributed by atoms with van der Waals surface area (Å²) in [5, 5.41) is 0.534. The van der Waals surface area contributed by atoms with E-state index in [4.69, 9.17) is 25.8 Å². The van der Waals surface area contributed by atoms with Crippen LogP contribution in [-0.2, 0) is 9.53 Å². The molecule has 1 unspecified atom stereocenters. The fourth-order valence-corrected chi connectivity index (χ4v) is 4.99. The van der Waals surface area contributed by atoms with E-state index in [1.165, 1.54) is 30.1 Å². The van der Waals surface area contributed by atoms with Gasteiger partial charge in [0, 0.05) is 5.02 Å². The standard InChI is InChI=1S/C24H21ClN2O5S/c1-13-20(23(29)32-4)21(15-9-10-17(30-2)18(11-15)31-3)27-22(28)19(33-24(27)26-13)12-14-7-5-6-8-16(14)25/h5-12,21H,1-4H3/b19-12-. The summed E-state index contributed by atoms with van der Waals surface area (Å²) in [5.74, 6) is 0.455. The summed E-state index contributed by atoms with van der Waals surface area (Å²) in [6.07, 6.45) is 1.73. The monoisotopic (exact) mass is 484 g/mol. The number of fused-ring (bicyclic) bond motifs is 1. The number of benzene rings is 2.